The molecule has 18 heteroatoms. The largest absolute Gasteiger partial charge is 0.444 e. The van der Waals surface area contributed by atoms with Crippen LogP contribution in [0, 0.1) is 18.8 Å². The number of aromatic nitrogens is 4. The predicted octanol–water partition coefficient (Wildman–Crippen LogP) is 6.52. The highest BCUT2D eigenvalue weighted by atomic mass is 32.2. The lowest BCUT2D eigenvalue weighted by Gasteiger charge is -2.33. The first-order valence-corrected chi connectivity index (χ1v) is 23.3. The Morgan fingerprint density at radius 1 is 0.828 bits per heavy atom. The number of nitrogens with zero attached hydrogens (tertiary/aromatic N) is 4. The summed E-state index contributed by atoms with van der Waals surface area (Å²) in [7, 11) is -3.83. The molecular formula is C46H61N9O8S. The fraction of sp³-hybridized carbons (Fsp3) is 0.500. The second-order valence-electron chi connectivity index (χ2n) is 18.7. The number of hydrogen-bond acceptors (Lipinski definition) is 11. The fourth-order valence-electron chi connectivity index (χ4n) is 7.86. The van der Waals surface area contributed by atoms with Crippen molar-refractivity contribution in [3.63, 3.8) is 0 Å². The number of sulfonamides is 1. The number of aryl methyl sites for hydroxylation is 1. The SMILES string of the molecule is Cc1cc(S(=O)(=O)NC2CCN(C(=O)OC(C)(C)C)CC2)ccc1-c1ccc(C[C@H](NC(=O)[C@H]2CC[C@H](CNC(=O)OC(C)(C)C)CC2)C(=O)Nc2ccc(-c3nn[nH]n3)cc2)cc1. The second-order valence-corrected chi connectivity index (χ2v) is 20.4. The summed E-state index contributed by atoms with van der Waals surface area (Å²) in [5.74, 6) is -0.233. The van der Waals surface area contributed by atoms with Crippen LogP contribution in [0.1, 0.15) is 91.2 Å². The summed E-state index contributed by atoms with van der Waals surface area (Å²) in [6.45, 7) is 14.0. The van der Waals surface area contributed by atoms with Crippen molar-refractivity contribution < 1.29 is 37.1 Å². The van der Waals surface area contributed by atoms with Gasteiger partial charge >= 0.3 is 12.2 Å². The first-order valence-electron chi connectivity index (χ1n) is 21.8. The first-order chi connectivity index (χ1) is 30.2. The van der Waals surface area contributed by atoms with Crippen molar-refractivity contribution >= 4 is 39.7 Å². The molecule has 2 heterocycles. The molecule has 1 saturated heterocycles. The molecular weight excluding hydrogens is 839 g/mol. The van der Waals surface area contributed by atoms with Gasteiger partial charge in [-0.1, -0.05) is 30.3 Å². The van der Waals surface area contributed by atoms with Crippen molar-refractivity contribution in [2.75, 3.05) is 25.0 Å². The molecule has 0 unspecified atom stereocenters. The van der Waals surface area contributed by atoms with Crippen molar-refractivity contribution in [2.45, 2.75) is 122 Å². The highest BCUT2D eigenvalue weighted by Crippen LogP contribution is 2.30. The van der Waals surface area contributed by atoms with Crippen LogP contribution in [-0.4, -0.2) is 101 Å². The van der Waals surface area contributed by atoms with Gasteiger partial charge in [-0.05, 0) is 157 Å². The van der Waals surface area contributed by atoms with Gasteiger partial charge in [0.15, 0.2) is 0 Å². The van der Waals surface area contributed by atoms with E-state index in [2.05, 4.69) is 41.3 Å². The number of amides is 4. The van der Waals surface area contributed by atoms with Gasteiger partial charge in [0, 0.05) is 49.3 Å². The Kier molecular flexibility index (Phi) is 15.1. The minimum absolute atomic E-state index is 0.153. The first kappa shape index (κ1) is 47.6. The van der Waals surface area contributed by atoms with Crippen LogP contribution in [0.25, 0.3) is 22.5 Å². The average molecular weight is 900 g/mol. The molecule has 0 radical (unpaired) electrons. The number of benzene rings is 3. The molecule has 6 rings (SSSR count). The molecule has 64 heavy (non-hydrogen) atoms. The summed E-state index contributed by atoms with van der Waals surface area (Å²) in [5.41, 5.74) is 3.33. The number of carbonyl (C=O) groups excluding carboxylic acids is 4. The molecule has 1 aliphatic heterocycles. The number of anilines is 1. The minimum atomic E-state index is -3.83. The van der Waals surface area contributed by atoms with E-state index in [0.717, 1.165) is 35.1 Å². The number of nitrogens with one attached hydrogen (secondary N) is 5. The van der Waals surface area contributed by atoms with Crippen LogP contribution in [0.2, 0.25) is 0 Å². The summed E-state index contributed by atoms with van der Waals surface area (Å²) >= 11 is 0. The van der Waals surface area contributed by atoms with Gasteiger partial charge in [-0.25, -0.2) is 22.7 Å². The van der Waals surface area contributed by atoms with Crippen molar-refractivity contribution in [1.29, 1.82) is 0 Å². The molecule has 4 aromatic rings. The molecule has 4 amide bonds. The third kappa shape index (κ3) is 13.6. The Morgan fingerprint density at radius 3 is 2.06 bits per heavy atom. The van der Waals surface area contributed by atoms with Gasteiger partial charge in [0.25, 0.3) is 0 Å². The zero-order valence-corrected chi connectivity index (χ0v) is 38.5. The number of aromatic amines is 1. The highest BCUT2D eigenvalue weighted by Gasteiger charge is 2.32. The van der Waals surface area contributed by atoms with Gasteiger partial charge in [0.2, 0.25) is 27.7 Å². The van der Waals surface area contributed by atoms with Crippen LogP contribution in [-0.2, 0) is 35.5 Å². The molecule has 2 aliphatic rings. The van der Waals surface area contributed by atoms with E-state index in [-0.39, 0.29) is 41.0 Å². The predicted molar refractivity (Wildman–Crippen MR) is 241 cm³/mol. The monoisotopic (exact) mass is 899 g/mol. The van der Waals surface area contributed by atoms with Gasteiger partial charge < -0.3 is 30.3 Å². The van der Waals surface area contributed by atoms with Gasteiger partial charge in [0.05, 0.1) is 4.90 Å². The lowest BCUT2D eigenvalue weighted by Crippen LogP contribution is -2.48. The molecule has 1 saturated carbocycles. The van der Waals surface area contributed by atoms with E-state index < -0.39 is 39.5 Å². The maximum absolute atomic E-state index is 13.9. The number of ether oxygens (including phenoxy) is 2. The summed E-state index contributed by atoms with van der Waals surface area (Å²) in [6.07, 6.45) is 3.04. The molecule has 1 aromatic heterocycles. The van der Waals surface area contributed by atoms with Gasteiger partial charge in [0.1, 0.15) is 17.2 Å². The Morgan fingerprint density at radius 2 is 1.47 bits per heavy atom. The molecule has 0 spiro atoms. The minimum Gasteiger partial charge on any atom is -0.444 e. The van der Waals surface area contributed by atoms with E-state index in [1.54, 1.807) is 47.4 Å². The Bertz CT molecular complexity index is 2350. The van der Waals surface area contributed by atoms with E-state index in [1.807, 2.05) is 72.7 Å². The number of tetrazole rings is 1. The molecule has 5 N–H and O–H groups in total. The molecule has 2 fully saturated rings. The number of H-pyrrole nitrogens is 1. The molecule has 1 aliphatic carbocycles. The Balaban J connectivity index is 1.09. The zero-order valence-electron chi connectivity index (χ0n) is 37.7. The lowest BCUT2D eigenvalue weighted by atomic mass is 9.81. The fourth-order valence-corrected chi connectivity index (χ4v) is 9.25. The molecule has 3 aromatic carbocycles. The third-order valence-corrected chi connectivity index (χ3v) is 12.7. The Labute approximate surface area is 375 Å². The van der Waals surface area contributed by atoms with E-state index >= 15 is 0 Å². The third-order valence-electron chi connectivity index (χ3n) is 11.2. The molecule has 17 nitrogen and oxygen atoms in total. The van der Waals surface area contributed by atoms with E-state index in [0.29, 0.717) is 62.4 Å². The van der Waals surface area contributed by atoms with Crippen molar-refractivity contribution in [3.8, 4) is 22.5 Å². The van der Waals surface area contributed by atoms with Crippen molar-refractivity contribution in [3.05, 3.63) is 77.9 Å². The van der Waals surface area contributed by atoms with Crippen LogP contribution in [0.3, 0.4) is 0 Å². The highest BCUT2D eigenvalue weighted by molar-refractivity contribution is 7.89. The normalized spacial score (nSPS) is 17.8. The van der Waals surface area contributed by atoms with Crippen LogP contribution in [0.15, 0.2) is 71.6 Å². The van der Waals surface area contributed by atoms with Gasteiger partial charge in [-0.15, -0.1) is 10.2 Å². The van der Waals surface area contributed by atoms with Crippen LogP contribution in [0.4, 0.5) is 15.3 Å². The quantitative estimate of drug-likeness (QED) is 0.0971. The molecule has 344 valence electrons. The second kappa shape index (κ2) is 20.3. The van der Waals surface area contributed by atoms with Crippen LogP contribution in [0.5, 0.6) is 0 Å². The van der Waals surface area contributed by atoms with Crippen molar-refractivity contribution in [2.24, 2.45) is 11.8 Å². The number of piperidine rings is 1. The van der Waals surface area contributed by atoms with Crippen molar-refractivity contribution in [1.82, 2.24) is 40.9 Å². The summed E-state index contributed by atoms with van der Waals surface area (Å²) in [5, 5.41) is 22.8. The lowest BCUT2D eigenvalue weighted by molar-refractivity contribution is -0.130. The number of rotatable bonds is 13. The maximum atomic E-state index is 13.9. The standard InChI is InChI=1S/C46H61N9O8S/c1-29-26-37(64(60,61)52-36-22-24-55(25-23-36)44(59)63-46(5,6)7)20-21-38(29)32-12-8-30(9-13-32)27-39(42(57)48-35-18-16-33(17-19-35)40-50-53-54-51-40)49-41(56)34-14-10-31(11-15-34)28-47-43(58)62-45(2,3)4/h8-9,12-13,16-21,26,31,34,36,39,52H,10-11,14-15,22-25,27-28H2,1-7H3,(H,47,58)(H,48,57)(H,49,56)(H,50,51,53,54)/t31-,34-,39-/m0/s1. The number of hydrogen-bond donors (Lipinski definition) is 5. The summed E-state index contributed by atoms with van der Waals surface area (Å²) in [6, 6.07) is 18.4. The summed E-state index contributed by atoms with van der Waals surface area (Å²) in [4.78, 5) is 54.1. The topological polar surface area (TPSA) is 227 Å². The number of alkyl carbamates (subject to hydrolysis) is 1. The zero-order chi connectivity index (χ0) is 46.2. The average Bonchev–Trinajstić information content (AvgIpc) is 3.78. The number of carbonyl (C=O) groups is 4. The van der Waals surface area contributed by atoms with E-state index in [9.17, 15) is 27.6 Å². The van der Waals surface area contributed by atoms with Gasteiger partial charge in [-0.2, -0.15) is 5.21 Å². The summed E-state index contributed by atoms with van der Waals surface area (Å²) < 4.78 is 40.6. The maximum Gasteiger partial charge on any atom is 0.410 e. The van der Waals surface area contributed by atoms with Gasteiger partial charge in [-0.3, -0.25) is 9.59 Å². The van der Waals surface area contributed by atoms with E-state index in [1.165, 1.54) is 0 Å². The smallest absolute Gasteiger partial charge is 0.410 e. The molecule has 0 bridgehead atoms. The Hall–Kier alpha value is -5.88. The van der Waals surface area contributed by atoms with E-state index in [4.69, 9.17) is 9.47 Å². The number of likely N-dealkylation sites (tertiary alicyclic amines) is 1. The molecule has 1 atom stereocenters. The van der Waals surface area contributed by atoms with Crippen LogP contribution < -0.4 is 20.7 Å². The van der Waals surface area contributed by atoms with Crippen LogP contribution >= 0.6 is 0 Å².